The van der Waals surface area contributed by atoms with Crippen molar-refractivity contribution in [1.29, 1.82) is 0 Å². The molecule has 2 heterocycles. The van der Waals surface area contributed by atoms with E-state index in [2.05, 4.69) is 29.4 Å². The minimum absolute atomic E-state index is 0.0175. The predicted molar refractivity (Wildman–Crippen MR) is 151 cm³/mol. The molecule has 0 unspecified atom stereocenters. The Bertz CT molecular complexity index is 1300. The second kappa shape index (κ2) is 14.1. The van der Waals surface area contributed by atoms with E-state index in [4.69, 9.17) is 14.2 Å². The van der Waals surface area contributed by atoms with Gasteiger partial charge in [0, 0.05) is 6.54 Å². The Hall–Kier alpha value is -3.38. The lowest BCUT2D eigenvalue weighted by molar-refractivity contribution is -0.113. The van der Waals surface area contributed by atoms with Crippen molar-refractivity contribution in [2.45, 2.75) is 65.8 Å². The molecule has 0 radical (unpaired) electrons. The molecule has 0 atom stereocenters. The first-order valence-electron chi connectivity index (χ1n) is 12.7. The summed E-state index contributed by atoms with van der Waals surface area (Å²) in [5, 5.41) is 12.0. The van der Waals surface area contributed by atoms with E-state index in [9.17, 15) is 14.4 Å². The molecule has 1 amide bonds. The molecule has 2 aromatic heterocycles. The van der Waals surface area contributed by atoms with Gasteiger partial charge in [0.2, 0.25) is 5.91 Å². The summed E-state index contributed by atoms with van der Waals surface area (Å²) in [6, 6.07) is 7.96. The number of hydrogen-bond donors (Lipinski definition) is 1. The van der Waals surface area contributed by atoms with E-state index in [-0.39, 0.29) is 46.9 Å². The van der Waals surface area contributed by atoms with Gasteiger partial charge < -0.3 is 24.1 Å². The van der Waals surface area contributed by atoms with Gasteiger partial charge in [0.05, 0.1) is 24.5 Å². The van der Waals surface area contributed by atoms with Crippen molar-refractivity contribution in [2.24, 2.45) is 0 Å². The lowest BCUT2D eigenvalue weighted by atomic mass is 10.0. The molecule has 12 heteroatoms. The van der Waals surface area contributed by atoms with Gasteiger partial charge >= 0.3 is 11.9 Å². The number of rotatable bonds is 13. The Morgan fingerprint density at radius 2 is 1.69 bits per heavy atom. The fraction of sp³-hybridized carbons (Fsp3) is 0.444. The van der Waals surface area contributed by atoms with Crippen LogP contribution in [0.5, 0.6) is 5.75 Å². The van der Waals surface area contributed by atoms with Crippen molar-refractivity contribution in [3.05, 3.63) is 51.7 Å². The van der Waals surface area contributed by atoms with Crippen LogP contribution < -0.4 is 10.1 Å². The lowest BCUT2D eigenvalue weighted by Gasteiger charge is -2.10. The van der Waals surface area contributed by atoms with Gasteiger partial charge in [-0.2, -0.15) is 0 Å². The minimum Gasteiger partial charge on any atom is -0.486 e. The molecular weight excluding hydrogens is 540 g/mol. The Morgan fingerprint density at radius 3 is 2.31 bits per heavy atom. The van der Waals surface area contributed by atoms with Crippen LogP contribution in [0, 0.1) is 6.92 Å². The maximum atomic E-state index is 12.9. The molecule has 3 rings (SSSR count). The van der Waals surface area contributed by atoms with Gasteiger partial charge in [-0.1, -0.05) is 37.7 Å². The molecule has 210 valence electrons. The molecule has 0 spiro atoms. The van der Waals surface area contributed by atoms with Crippen molar-refractivity contribution in [2.75, 3.05) is 24.3 Å². The van der Waals surface area contributed by atoms with E-state index in [1.807, 2.05) is 35.8 Å². The van der Waals surface area contributed by atoms with Crippen molar-refractivity contribution in [1.82, 2.24) is 14.8 Å². The first kappa shape index (κ1) is 30.2. The first-order chi connectivity index (χ1) is 18.7. The highest BCUT2D eigenvalue weighted by Crippen LogP contribution is 2.34. The van der Waals surface area contributed by atoms with Gasteiger partial charge in [0.15, 0.2) is 11.0 Å². The van der Waals surface area contributed by atoms with E-state index in [1.54, 1.807) is 20.8 Å². The number of benzene rings is 1. The van der Waals surface area contributed by atoms with Crippen LogP contribution in [0.4, 0.5) is 5.00 Å². The van der Waals surface area contributed by atoms with Crippen LogP contribution in [-0.4, -0.2) is 51.6 Å². The van der Waals surface area contributed by atoms with E-state index >= 15 is 0 Å². The number of esters is 2. The number of amides is 1. The number of nitrogens with one attached hydrogen (secondary N) is 1. The average Bonchev–Trinajstić information content (AvgIpc) is 3.46. The van der Waals surface area contributed by atoms with E-state index in [1.165, 1.54) is 17.3 Å². The molecule has 0 aliphatic heterocycles. The topological polar surface area (TPSA) is 122 Å². The zero-order chi connectivity index (χ0) is 28.5. The summed E-state index contributed by atoms with van der Waals surface area (Å²) >= 11 is 2.21. The smallest absolute Gasteiger partial charge is 0.348 e. The molecule has 0 bridgehead atoms. The standard InChI is InChI=1S/C27H34N4O6S2/c1-7-31-20(14-37-19-12-10-18(11-13-19)16(4)5)29-30-27(31)38-15-21(32)28-24-22(25(33)35-8-2)17(6)23(39-24)26(34)36-9-3/h10-13,16H,7-9,14-15H2,1-6H3,(H,28,32). The normalized spacial score (nSPS) is 10.9. The second-order valence-electron chi connectivity index (χ2n) is 8.69. The summed E-state index contributed by atoms with van der Waals surface area (Å²) in [5.74, 6) is 0.315. The molecule has 10 nitrogen and oxygen atoms in total. The quantitative estimate of drug-likeness (QED) is 0.210. The molecular formula is C27H34N4O6S2. The highest BCUT2D eigenvalue weighted by atomic mass is 32.2. The van der Waals surface area contributed by atoms with Crippen LogP contribution in [0.3, 0.4) is 0 Å². The average molecular weight is 575 g/mol. The number of carbonyl (C=O) groups excluding carboxylic acids is 3. The van der Waals surface area contributed by atoms with Crippen LogP contribution in [-0.2, 0) is 27.4 Å². The first-order valence-corrected chi connectivity index (χ1v) is 14.5. The van der Waals surface area contributed by atoms with Crippen LogP contribution >= 0.6 is 23.1 Å². The van der Waals surface area contributed by atoms with Gasteiger partial charge in [-0.15, -0.1) is 21.5 Å². The maximum absolute atomic E-state index is 12.9. The maximum Gasteiger partial charge on any atom is 0.348 e. The van der Waals surface area contributed by atoms with Crippen LogP contribution in [0.15, 0.2) is 29.4 Å². The summed E-state index contributed by atoms with van der Waals surface area (Å²) < 4.78 is 18.0. The SMILES string of the molecule is CCOC(=O)c1sc(NC(=O)CSc2nnc(COc3ccc(C(C)C)cc3)n2CC)c(C(=O)OCC)c1C. The van der Waals surface area contributed by atoms with Gasteiger partial charge in [-0.25, -0.2) is 9.59 Å². The van der Waals surface area contributed by atoms with E-state index < -0.39 is 11.9 Å². The minimum atomic E-state index is -0.612. The fourth-order valence-corrected chi connectivity index (χ4v) is 5.61. The number of nitrogens with zero attached hydrogens (tertiary/aromatic N) is 3. The molecule has 0 saturated heterocycles. The Kier molecular flexibility index (Phi) is 10.9. The number of hydrogen-bond acceptors (Lipinski definition) is 10. The predicted octanol–water partition coefficient (Wildman–Crippen LogP) is 5.45. The van der Waals surface area contributed by atoms with Gasteiger partial charge in [-0.3, -0.25) is 4.79 Å². The Morgan fingerprint density at radius 1 is 1.03 bits per heavy atom. The summed E-state index contributed by atoms with van der Waals surface area (Å²) in [6.45, 7) is 12.4. The number of ether oxygens (including phenoxy) is 3. The molecule has 1 aromatic carbocycles. The molecule has 39 heavy (non-hydrogen) atoms. The third-order valence-corrected chi connectivity index (χ3v) is 7.85. The van der Waals surface area contributed by atoms with Gasteiger partial charge in [0.25, 0.3) is 0 Å². The summed E-state index contributed by atoms with van der Waals surface area (Å²) in [5.41, 5.74) is 1.80. The molecule has 0 fully saturated rings. The number of carbonyl (C=O) groups is 3. The van der Waals surface area contributed by atoms with Gasteiger partial charge in [0.1, 0.15) is 22.2 Å². The summed E-state index contributed by atoms with van der Waals surface area (Å²) in [6.07, 6.45) is 0. The second-order valence-corrected chi connectivity index (χ2v) is 10.7. The monoisotopic (exact) mass is 574 g/mol. The Labute approximate surface area is 236 Å². The third kappa shape index (κ3) is 7.60. The summed E-state index contributed by atoms with van der Waals surface area (Å²) in [4.78, 5) is 38.0. The number of thioether (sulfide) groups is 1. The molecule has 0 aliphatic carbocycles. The zero-order valence-corrected chi connectivity index (χ0v) is 24.7. The van der Waals surface area contributed by atoms with Crippen LogP contribution in [0.1, 0.15) is 77.5 Å². The molecule has 3 aromatic rings. The summed E-state index contributed by atoms with van der Waals surface area (Å²) in [7, 11) is 0. The highest BCUT2D eigenvalue weighted by molar-refractivity contribution is 7.99. The van der Waals surface area contributed by atoms with Crippen molar-refractivity contribution in [3.8, 4) is 5.75 Å². The number of thiophene rings is 1. The molecule has 1 N–H and O–H groups in total. The van der Waals surface area contributed by atoms with Crippen molar-refractivity contribution < 1.29 is 28.6 Å². The van der Waals surface area contributed by atoms with Crippen LogP contribution in [0.25, 0.3) is 0 Å². The van der Waals surface area contributed by atoms with Crippen LogP contribution in [0.2, 0.25) is 0 Å². The third-order valence-electron chi connectivity index (χ3n) is 5.70. The Balaban J connectivity index is 1.67. The fourth-order valence-electron chi connectivity index (χ4n) is 3.68. The van der Waals surface area contributed by atoms with E-state index in [0.29, 0.717) is 29.0 Å². The largest absolute Gasteiger partial charge is 0.486 e. The highest BCUT2D eigenvalue weighted by Gasteiger charge is 2.27. The lowest BCUT2D eigenvalue weighted by Crippen LogP contribution is -2.17. The molecule has 0 saturated carbocycles. The van der Waals surface area contributed by atoms with Crippen molar-refractivity contribution in [3.63, 3.8) is 0 Å². The number of aromatic nitrogens is 3. The van der Waals surface area contributed by atoms with Crippen molar-refractivity contribution >= 4 is 45.9 Å². The number of anilines is 1. The van der Waals surface area contributed by atoms with E-state index in [0.717, 1.165) is 17.1 Å². The molecule has 0 aliphatic rings. The van der Waals surface area contributed by atoms with Gasteiger partial charge in [-0.05, 0) is 56.9 Å². The zero-order valence-electron chi connectivity index (χ0n) is 23.0.